The van der Waals surface area contributed by atoms with Gasteiger partial charge in [0.05, 0.1) is 0 Å². The molecule has 1 heterocycles. The average Bonchev–Trinajstić information content (AvgIpc) is 2.35. The maximum atomic E-state index is 11.1. The van der Waals surface area contributed by atoms with Gasteiger partial charge in [0.25, 0.3) is 0 Å². The van der Waals surface area contributed by atoms with Gasteiger partial charge in [-0.15, -0.1) is 0 Å². The molecule has 1 aliphatic heterocycles. The Hall–Kier alpha value is -1.71. The van der Waals surface area contributed by atoms with Crippen LogP contribution in [0.1, 0.15) is 20.8 Å². The lowest BCUT2D eigenvalue weighted by molar-refractivity contribution is -0.259. The van der Waals surface area contributed by atoms with E-state index in [4.69, 9.17) is 14.2 Å². The fourth-order valence-electron chi connectivity index (χ4n) is 1.99. The minimum absolute atomic E-state index is 0.321. The van der Waals surface area contributed by atoms with Gasteiger partial charge in [0, 0.05) is 20.8 Å². The Bertz CT molecular complexity index is 412. The first-order valence-electron chi connectivity index (χ1n) is 6.31. The van der Waals surface area contributed by atoms with Crippen LogP contribution < -0.4 is 5.32 Å². The second-order valence-electron chi connectivity index (χ2n) is 4.66. The highest BCUT2D eigenvalue weighted by Gasteiger charge is 2.47. The van der Waals surface area contributed by atoms with Crippen molar-refractivity contribution in [1.29, 1.82) is 0 Å². The Labute approximate surface area is 121 Å². The van der Waals surface area contributed by atoms with Crippen LogP contribution >= 0.6 is 0 Å². The molecule has 1 aliphatic rings. The van der Waals surface area contributed by atoms with Crippen molar-refractivity contribution in [2.75, 3.05) is 6.61 Å². The van der Waals surface area contributed by atoms with Crippen LogP contribution in [0.25, 0.3) is 0 Å². The third-order valence-corrected chi connectivity index (χ3v) is 2.82. The zero-order chi connectivity index (χ0) is 16.2. The van der Waals surface area contributed by atoms with Crippen LogP contribution in [0.3, 0.4) is 0 Å². The zero-order valence-corrected chi connectivity index (χ0v) is 11.9. The quantitative estimate of drug-likeness (QED) is 0.511. The number of rotatable bonds is 4. The molecule has 3 N–H and O–H groups in total. The Kier molecular flexibility index (Phi) is 6.06. The van der Waals surface area contributed by atoms with Crippen molar-refractivity contribution in [3.05, 3.63) is 0 Å². The summed E-state index contributed by atoms with van der Waals surface area (Å²) in [5, 5.41) is 22.4. The van der Waals surface area contributed by atoms with E-state index in [9.17, 15) is 24.6 Å². The summed E-state index contributed by atoms with van der Waals surface area (Å²) in [6.45, 7) is 3.18. The van der Waals surface area contributed by atoms with Crippen LogP contribution in [-0.2, 0) is 28.6 Å². The van der Waals surface area contributed by atoms with Crippen LogP contribution in [0.4, 0.5) is 0 Å². The summed E-state index contributed by atoms with van der Waals surface area (Å²) in [5.41, 5.74) is 0. The van der Waals surface area contributed by atoms with Crippen molar-refractivity contribution in [1.82, 2.24) is 5.32 Å². The standard InChI is InChI=1S/C12H19NO8/c1-5(14)13-9-11(20-7(3)16)10(17)8(21-12(9)18)4-19-6(2)15/h8-12,17-18H,4H2,1-3H3,(H,13,14)/t8?,9?,10-,11-,12?/m1/s1. The summed E-state index contributed by atoms with van der Waals surface area (Å²) in [5.74, 6) is -1.78. The summed E-state index contributed by atoms with van der Waals surface area (Å²) in [7, 11) is 0. The number of aliphatic hydroxyl groups excluding tert-OH is 2. The number of hydrogen-bond acceptors (Lipinski definition) is 8. The van der Waals surface area contributed by atoms with E-state index < -0.39 is 48.5 Å². The van der Waals surface area contributed by atoms with Gasteiger partial charge >= 0.3 is 11.9 Å². The topological polar surface area (TPSA) is 131 Å². The summed E-state index contributed by atoms with van der Waals surface area (Å²) in [6.07, 6.45) is -5.22. The minimum Gasteiger partial charge on any atom is -0.463 e. The van der Waals surface area contributed by atoms with Gasteiger partial charge in [0.2, 0.25) is 5.91 Å². The normalized spacial score (nSPS) is 32.1. The molecule has 5 atom stereocenters. The summed E-state index contributed by atoms with van der Waals surface area (Å²) < 4.78 is 14.7. The number of nitrogens with one attached hydrogen (secondary N) is 1. The second-order valence-corrected chi connectivity index (χ2v) is 4.66. The van der Waals surface area contributed by atoms with Crippen LogP contribution in [0.15, 0.2) is 0 Å². The van der Waals surface area contributed by atoms with Crippen molar-refractivity contribution in [3.8, 4) is 0 Å². The molecule has 0 aromatic carbocycles. The van der Waals surface area contributed by atoms with Crippen LogP contribution in [0, 0.1) is 0 Å². The lowest BCUT2D eigenvalue weighted by atomic mass is 9.96. The Morgan fingerprint density at radius 3 is 2.24 bits per heavy atom. The highest BCUT2D eigenvalue weighted by atomic mass is 16.6. The molecule has 9 nitrogen and oxygen atoms in total. The first kappa shape index (κ1) is 17.3. The molecule has 0 radical (unpaired) electrons. The number of esters is 2. The molecule has 0 bridgehead atoms. The van der Waals surface area contributed by atoms with Crippen molar-refractivity contribution < 1.29 is 38.8 Å². The molecule has 0 aromatic heterocycles. The molecule has 21 heavy (non-hydrogen) atoms. The number of hydrogen-bond donors (Lipinski definition) is 3. The number of ether oxygens (including phenoxy) is 3. The molecular weight excluding hydrogens is 286 g/mol. The summed E-state index contributed by atoms with van der Waals surface area (Å²) >= 11 is 0. The Balaban J connectivity index is 2.87. The van der Waals surface area contributed by atoms with E-state index in [2.05, 4.69) is 5.32 Å². The largest absolute Gasteiger partial charge is 0.463 e. The Morgan fingerprint density at radius 2 is 1.76 bits per heavy atom. The van der Waals surface area contributed by atoms with Crippen molar-refractivity contribution in [2.24, 2.45) is 0 Å². The van der Waals surface area contributed by atoms with Gasteiger partial charge in [-0.3, -0.25) is 14.4 Å². The van der Waals surface area contributed by atoms with E-state index in [-0.39, 0.29) is 6.61 Å². The van der Waals surface area contributed by atoms with E-state index in [0.29, 0.717) is 0 Å². The monoisotopic (exact) mass is 305 g/mol. The third kappa shape index (κ3) is 4.96. The van der Waals surface area contributed by atoms with Crippen LogP contribution in [0.2, 0.25) is 0 Å². The van der Waals surface area contributed by atoms with Gasteiger partial charge in [-0.05, 0) is 0 Å². The third-order valence-electron chi connectivity index (χ3n) is 2.82. The van der Waals surface area contributed by atoms with Crippen molar-refractivity contribution in [2.45, 2.75) is 51.4 Å². The molecular formula is C12H19NO8. The van der Waals surface area contributed by atoms with Crippen molar-refractivity contribution >= 4 is 17.8 Å². The van der Waals surface area contributed by atoms with Gasteiger partial charge in [-0.1, -0.05) is 0 Å². The number of amides is 1. The smallest absolute Gasteiger partial charge is 0.303 e. The SMILES string of the molecule is CC(=O)NC1C(O)OC(COC(C)=O)[C@@H](O)[C@@H]1OC(C)=O. The first-order valence-corrected chi connectivity index (χ1v) is 6.31. The molecule has 1 rings (SSSR count). The number of carbonyl (C=O) groups excluding carboxylic acids is 3. The molecule has 0 saturated carbocycles. The lowest BCUT2D eigenvalue weighted by Gasteiger charge is -2.42. The molecule has 120 valence electrons. The minimum atomic E-state index is -1.53. The summed E-state index contributed by atoms with van der Waals surface area (Å²) in [4.78, 5) is 33.0. The fourth-order valence-corrected chi connectivity index (χ4v) is 1.99. The van der Waals surface area contributed by atoms with Gasteiger partial charge in [-0.2, -0.15) is 0 Å². The zero-order valence-electron chi connectivity index (χ0n) is 11.9. The lowest BCUT2D eigenvalue weighted by Crippen LogP contribution is -2.65. The molecule has 3 unspecified atom stereocenters. The van der Waals surface area contributed by atoms with Gasteiger partial charge in [0.1, 0.15) is 24.9 Å². The number of aliphatic hydroxyl groups is 2. The maximum absolute atomic E-state index is 11.1. The molecule has 0 spiro atoms. The van der Waals surface area contributed by atoms with E-state index in [1.165, 1.54) is 13.8 Å². The average molecular weight is 305 g/mol. The predicted molar refractivity (Wildman–Crippen MR) is 66.7 cm³/mol. The predicted octanol–water partition coefficient (Wildman–Crippen LogP) is -1.94. The molecule has 1 fully saturated rings. The maximum Gasteiger partial charge on any atom is 0.303 e. The van der Waals surface area contributed by atoms with E-state index >= 15 is 0 Å². The van der Waals surface area contributed by atoms with Crippen LogP contribution in [0.5, 0.6) is 0 Å². The van der Waals surface area contributed by atoms with Gasteiger partial charge in [-0.25, -0.2) is 0 Å². The number of carbonyl (C=O) groups is 3. The van der Waals surface area contributed by atoms with Crippen molar-refractivity contribution in [3.63, 3.8) is 0 Å². The molecule has 1 amide bonds. The highest BCUT2D eigenvalue weighted by Crippen LogP contribution is 2.23. The first-order chi connectivity index (χ1) is 9.72. The van der Waals surface area contributed by atoms with E-state index in [0.717, 1.165) is 6.92 Å². The fraction of sp³-hybridized carbons (Fsp3) is 0.750. The molecule has 0 aromatic rings. The van der Waals surface area contributed by atoms with Gasteiger partial charge in [0.15, 0.2) is 12.4 Å². The molecule has 9 heteroatoms. The summed E-state index contributed by atoms with van der Waals surface area (Å²) in [6, 6.07) is -1.13. The second kappa shape index (κ2) is 7.34. The Morgan fingerprint density at radius 1 is 1.14 bits per heavy atom. The molecule has 1 saturated heterocycles. The van der Waals surface area contributed by atoms with E-state index in [1.807, 2.05) is 0 Å². The van der Waals surface area contributed by atoms with Gasteiger partial charge < -0.3 is 29.7 Å². The van der Waals surface area contributed by atoms with Crippen LogP contribution in [-0.4, -0.2) is 65.3 Å². The van der Waals surface area contributed by atoms with E-state index in [1.54, 1.807) is 0 Å². The highest BCUT2D eigenvalue weighted by molar-refractivity contribution is 5.73. The molecule has 0 aliphatic carbocycles.